The van der Waals surface area contributed by atoms with Crippen molar-refractivity contribution >= 4 is 33.5 Å². The van der Waals surface area contributed by atoms with E-state index in [1.807, 2.05) is 0 Å². The van der Waals surface area contributed by atoms with Crippen LogP contribution in [-0.4, -0.2) is 21.0 Å². The highest BCUT2D eigenvalue weighted by molar-refractivity contribution is 9.10. The third-order valence-corrected chi connectivity index (χ3v) is 3.26. The normalized spacial score (nSPS) is 12.1. The van der Waals surface area contributed by atoms with Crippen molar-refractivity contribution in [3.63, 3.8) is 0 Å². The molecule has 0 aliphatic rings. The van der Waals surface area contributed by atoms with Crippen molar-refractivity contribution in [3.8, 4) is 0 Å². The van der Waals surface area contributed by atoms with Crippen LogP contribution in [0.1, 0.15) is 17.3 Å². The molecule has 98 valence electrons. The van der Waals surface area contributed by atoms with Gasteiger partial charge in [0.1, 0.15) is 11.7 Å². The lowest BCUT2D eigenvalue weighted by Gasteiger charge is -2.11. The van der Waals surface area contributed by atoms with E-state index in [9.17, 15) is 9.90 Å². The molecule has 0 amide bonds. The van der Waals surface area contributed by atoms with Crippen LogP contribution in [0.4, 0.5) is 0 Å². The number of hydrogen-bond donors (Lipinski definition) is 1. The first-order valence-corrected chi connectivity index (χ1v) is 6.68. The minimum atomic E-state index is -0.947. The Kier molecular flexibility index (Phi) is 4.50. The Labute approximate surface area is 123 Å². The molecule has 0 radical (unpaired) electrons. The van der Waals surface area contributed by atoms with E-state index in [1.54, 1.807) is 36.7 Å². The van der Waals surface area contributed by atoms with E-state index in [-0.39, 0.29) is 0 Å². The van der Waals surface area contributed by atoms with Crippen LogP contribution in [-0.2, 0) is 11.2 Å². The molecule has 1 atom stereocenters. The third kappa shape index (κ3) is 3.75. The van der Waals surface area contributed by atoms with Crippen molar-refractivity contribution in [2.75, 3.05) is 0 Å². The van der Waals surface area contributed by atoms with Crippen molar-refractivity contribution in [2.24, 2.45) is 0 Å². The van der Waals surface area contributed by atoms with Gasteiger partial charge in [-0.2, -0.15) is 0 Å². The average Bonchev–Trinajstić information content (AvgIpc) is 2.39. The predicted octanol–water partition coefficient (Wildman–Crippen LogP) is 3.30. The summed E-state index contributed by atoms with van der Waals surface area (Å²) in [6, 6.07) is 7.07. The predicted molar refractivity (Wildman–Crippen MR) is 75.3 cm³/mol. The Morgan fingerprint density at radius 2 is 1.84 bits per heavy atom. The van der Waals surface area contributed by atoms with Gasteiger partial charge in [-0.1, -0.05) is 23.7 Å². The quantitative estimate of drug-likeness (QED) is 0.927. The standard InChI is InChI=1S/C13H10BrClN2O2/c14-9-6-16-12(17-7-9)11(13(18)19)5-8-1-3-10(15)4-2-8/h1-4,6-7,11H,5H2,(H,18,19). The van der Waals surface area contributed by atoms with Gasteiger partial charge in [-0.15, -0.1) is 0 Å². The SMILES string of the molecule is O=C(O)C(Cc1ccc(Cl)cc1)c1ncc(Br)cn1. The zero-order chi connectivity index (χ0) is 13.8. The topological polar surface area (TPSA) is 63.1 Å². The molecule has 1 aromatic heterocycles. The molecule has 19 heavy (non-hydrogen) atoms. The lowest BCUT2D eigenvalue weighted by atomic mass is 9.98. The number of rotatable bonds is 4. The zero-order valence-corrected chi connectivity index (χ0v) is 12.1. The number of hydrogen-bond acceptors (Lipinski definition) is 3. The summed E-state index contributed by atoms with van der Waals surface area (Å²) in [5, 5.41) is 9.91. The summed E-state index contributed by atoms with van der Waals surface area (Å²) < 4.78 is 0.715. The van der Waals surface area contributed by atoms with Gasteiger partial charge in [-0.25, -0.2) is 9.97 Å². The maximum absolute atomic E-state index is 11.3. The summed E-state index contributed by atoms with van der Waals surface area (Å²) in [6.45, 7) is 0. The van der Waals surface area contributed by atoms with E-state index < -0.39 is 11.9 Å². The Balaban J connectivity index is 2.23. The summed E-state index contributed by atoms with van der Waals surface area (Å²) in [5.41, 5.74) is 0.878. The van der Waals surface area contributed by atoms with Crippen LogP contribution in [0.5, 0.6) is 0 Å². The van der Waals surface area contributed by atoms with Crippen LogP contribution in [0.3, 0.4) is 0 Å². The van der Waals surface area contributed by atoms with Crippen LogP contribution in [0.2, 0.25) is 5.02 Å². The highest BCUT2D eigenvalue weighted by atomic mass is 79.9. The fraction of sp³-hybridized carbons (Fsp3) is 0.154. The molecule has 1 N–H and O–H groups in total. The minimum Gasteiger partial charge on any atom is -0.481 e. The van der Waals surface area contributed by atoms with E-state index in [2.05, 4.69) is 25.9 Å². The Hall–Kier alpha value is -1.46. The first-order chi connectivity index (χ1) is 9.06. The molecule has 2 aromatic rings. The number of carboxylic acid groups (broad SMARTS) is 1. The van der Waals surface area contributed by atoms with Crippen LogP contribution in [0.25, 0.3) is 0 Å². The van der Waals surface area contributed by atoms with E-state index in [0.29, 0.717) is 21.7 Å². The van der Waals surface area contributed by atoms with Gasteiger partial charge in [0.2, 0.25) is 0 Å². The van der Waals surface area contributed by atoms with E-state index in [4.69, 9.17) is 11.6 Å². The summed E-state index contributed by atoms with van der Waals surface area (Å²) in [7, 11) is 0. The minimum absolute atomic E-state index is 0.297. The molecular weight excluding hydrogens is 332 g/mol. The van der Waals surface area contributed by atoms with Gasteiger partial charge in [-0.3, -0.25) is 4.79 Å². The number of aliphatic carboxylic acids is 1. The monoisotopic (exact) mass is 340 g/mol. The second kappa shape index (κ2) is 6.12. The van der Waals surface area contributed by atoms with Crippen molar-refractivity contribution in [2.45, 2.75) is 12.3 Å². The molecule has 0 bridgehead atoms. The lowest BCUT2D eigenvalue weighted by molar-refractivity contribution is -0.139. The van der Waals surface area contributed by atoms with Gasteiger partial charge in [0.25, 0.3) is 0 Å². The highest BCUT2D eigenvalue weighted by Crippen LogP contribution is 2.20. The molecule has 4 nitrogen and oxygen atoms in total. The smallest absolute Gasteiger partial charge is 0.314 e. The molecule has 0 aliphatic heterocycles. The maximum atomic E-state index is 11.3. The van der Waals surface area contributed by atoms with Gasteiger partial charge in [0.15, 0.2) is 0 Å². The Morgan fingerprint density at radius 3 is 2.37 bits per heavy atom. The fourth-order valence-corrected chi connectivity index (χ4v) is 1.98. The third-order valence-electron chi connectivity index (χ3n) is 2.60. The molecule has 1 unspecified atom stereocenters. The lowest BCUT2D eigenvalue weighted by Crippen LogP contribution is -2.17. The van der Waals surface area contributed by atoms with Crippen LogP contribution in [0.15, 0.2) is 41.1 Å². The molecule has 6 heteroatoms. The Bertz CT molecular complexity index is 572. The van der Waals surface area contributed by atoms with Crippen molar-refractivity contribution in [3.05, 3.63) is 57.5 Å². The van der Waals surface area contributed by atoms with Crippen LogP contribution in [0, 0.1) is 0 Å². The Morgan fingerprint density at radius 1 is 1.26 bits per heavy atom. The largest absolute Gasteiger partial charge is 0.481 e. The van der Waals surface area contributed by atoms with Crippen LogP contribution < -0.4 is 0 Å². The number of benzene rings is 1. The van der Waals surface area contributed by atoms with Crippen molar-refractivity contribution < 1.29 is 9.90 Å². The molecule has 0 fully saturated rings. The van der Waals surface area contributed by atoms with Gasteiger partial charge in [0, 0.05) is 17.4 Å². The number of aromatic nitrogens is 2. The van der Waals surface area contributed by atoms with Crippen molar-refractivity contribution in [1.29, 1.82) is 0 Å². The highest BCUT2D eigenvalue weighted by Gasteiger charge is 2.23. The molecule has 0 aliphatic carbocycles. The summed E-state index contributed by atoms with van der Waals surface area (Å²) >= 11 is 9.02. The number of carboxylic acids is 1. The molecule has 2 rings (SSSR count). The average molecular weight is 342 g/mol. The molecular formula is C13H10BrClN2O2. The summed E-state index contributed by atoms with van der Waals surface area (Å²) in [4.78, 5) is 19.4. The number of halogens is 2. The first-order valence-electron chi connectivity index (χ1n) is 5.51. The summed E-state index contributed by atoms with van der Waals surface area (Å²) in [5.74, 6) is -1.42. The second-order valence-electron chi connectivity index (χ2n) is 3.98. The van der Waals surface area contributed by atoms with E-state index in [0.717, 1.165) is 5.56 Å². The van der Waals surface area contributed by atoms with Crippen molar-refractivity contribution in [1.82, 2.24) is 9.97 Å². The second-order valence-corrected chi connectivity index (χ2v) is 5.33. The summed E-state index contributed by atoms with van der Waals surface area (Å²) in [6.07, 6.45) is 3.41. The molecule has 0 saturated heterocycles. The number of nitrogens with zero attached hydrogens (tertiary/aromatic N) is 2. The maximum Gasteiger partial charge on any atom is 0.314 e. The first kappa shape index (κ1) is 14.0. The van der Waals surface area contributed by atoms with Gasteiger partial charge in [-0.05, 0) is 40.0 Å². The van der Waals surface area contributed by atoms with Gasteiger partial charge >= 0.3 is 5.97 Å². The van der Waals surface area contributed by atoms with E-state index >= 15 is 0 Å². The molecule has 1 aromatic carbocycles. The van der Waals surface area contributed by atoms with Gasteiger partial charge in [0.05, 0.1) is 4.47 Å². The van der Waals surface area contributed by atoms with Crippen LogP contribution >= 0.6 is 27.5 Å². The zero-order valence-electron chi connectivity index (χ0n) is 9.75. The molecule has 1 heterocycles. The van der Waals surface area contributed by atoms with Gasteiger partial charge < -0.3 is 5.11 Å². The van der Waals surface area contributed by atoms with E-state index in [1.165, 1.54) is 0 Å². The molecule has 0 spiro atoms. The molecule has 0 saturated carbocycles. The fourth-order valence-electron chi connectivity index (χ4n) is 1.65. The number of carbonyl (C=O) groups is 1.